The third-order valence-electron chi connectivity index (χ3n) is 12.1. The van der Waals surface area contributed by atoms with Gasteiger partial charge in [0.25, 0.3) is 0 Å². The second kappa shape index (κ2) is 14.1. The highest BCUT2D eigenvalue weighted by Crippen LogP contribution is 2.49. The van der Waals surface area contributed by atoms with Crippen molar-refractivity contribution < 1.29 is 4.42 Å². The normalized spacial score (nSPS) is 12.2. The Bertz CT molecular complexity index is 3590. The standard InChI is InChI=1S/C57H37NOS/c1-2-15-41-36-50-53(34-31-37(41)13-1)59-54-27-12-23-48(56(50)54)46-20-5-7-25-51(46)58(52-26-11-24-49-47-21-6-8-28-55(47)60-57(49)52)43-32-29-38(30-33-43)40-17-9-18-42(35-40)45-22-10-16-39-14-3-4-19-44(39)45/h1-33,35-36H,34H2. The molecule has 9 aromatic carbocycles. The fraction of sp³-hybridized carbons (Fsp3) is 0.0175. The van der Waals surface area contributed by atoms with Gasteiger partial charge < -0.3 is 9.32 Å². The molecule has 2 aromatic heterocycles. The smallest absolute Gasteiger partial charge is 0.135 e. The molecule has 0 N–H and O–H groups in total. The Morgan fingerprint density at radius 1 is 0.467 bits per heavy atom. The number of furan rings is 1. The molecule has 0 amide bonds. The summed E-state index contributed by atoms with van der Waals surface area (Å²) in [6.07, 6.45) is 5.34. The van der Waals surface area contributed by atoms with Gasteiger partial charge in [-0.3, -0.25) is 0 Å². The minimum Gasteiger partial charge on any atom is -0.460 e. The molecule has 0 unspecified atom stereocenters. The van der Waals surface area contributed by atoms with Crippen LogP contribution in [0.2, 0.25) is 0 Å². The molecular weight excluding hydrogens is 747 g/mol. The topological polar surface area (TPSA) is 16.4 Å². The molecule has 11 aromatic rings. The average molecular weight is 784 g/mol. The summed E-state index contributed by atoms with van der Waals surface area (Å²) >= 11 is 1.86. The fourth-order valence-corrected chi connectivity index (χ4v) is 10.5. The van der Waals surface area contributed by atoms with E-state index in [9.17, 15) is 0 Å². The first-order valence-electron chi connectivity index (χ1n) is 20.5. The lowest BCUT2D eigenvalue weighted by Crippen LogP contribution is -2.22. The van der Waals surface area contributed by atoms with E-state index in [1.54, 1.807) is 0 Å². The Balaban J connectivity index is 1.04. The van der Waals surface area contributed by atoms with Gasteiger partial charge >= 0.3 is 0 Å². The maximum atomic E-state index is 6.66. The van der Waals surface area contributed by atoms with E-state index in [4.69, 9.17) is 4.42 Å². The molecule has 12 rings (SSSR count). The van der Waals surface area contributed by atoms with Crippen molar-refractivity contribution in [1.29, 1.82) is 0 Å². The molecule has 2 nitrogen and oxygen atoms in total. The van der Waals surface area contributed by atoms with Gasteiger partial charge in [0, 0.05) is 44.1 Å². The number of hydrogen-bond acceptors (Lipinski definition) is 3. The molecule has 0 bridgehead atoms. The van der Waals surface area contributed by atoms with Crippen LogP contribution in [0.1, 0.15) is 11.3 Å². The number of fused-ring (bicyclic) bond motifs is 8. The SMILES string of the molecule is C1=c2ccccc2=Cc2c(oc3cccc(-c4ccccc4N(c4ccc(-c5cccc(-c6cccc7ccccc67)c5)cc4)c4cccc5c4sc4ccccc45)c23)C1. The van der Waals surface area contributed by atoms with Crippen LogP contribution in [0.3, 0.4) is 0 Å². The summed E-state index contributed by atoms with van der Waals surface area (Å²) in [5, 5.41) is 8.66. The van der Waals surface area contributed by atoms with Gasteiger partial charge in [-0.2, -0.15) is 0 Å². The zero-order valence-electron chi connectivity index (χ0n) is 32.7. The monoisotopic (exact) mass is 783 g/mol. The van der Waals surface area contributed by atoms with Gasteiger partial charge in [0.15, 0.2) is 0 Å². The molecule has 1 aliphatic carbocycles. The first-order valence-corrected chi connectivity index (χ1v) is 21.4. The molecule has 0 radical (unpaired) electrons. The molecule has 60 heavy (non-hydrogen) atoms. The number of benzene rings is 9. The first-order chi connectivity index (χ1) is 29.7. The van der Waals surface area contributed by atoms with Crippen LogP contribution in [0.4, 0.5) is 17.1 Å². The van der Waals surface area contributed by atoms with Crippen LogP contribution in [0, 0.1) is 0 Å². The predicted octanol–water partition coefficient (Wildman–Crippen LogP) is 14.6. The first kappa shape index (κ1) is 34.6. The number of thiophene rings is 1. The molecule has 0 aliphatic heterocycles. The third kappa shape index (κ3) is 5.70. The van der Waals surface area contributed by atoms with Gasteiger partial charge in [-0.15, -0.1) is 11.3 Å². The molecule has 0 saturated heterocycles. The van der Waals surface area contributed by atoms with E-state index in [1.807, 2.05) is 11.3 Å². The van der Waals surface area contributed by atoms with Gasteiger partial charge in [0.2, 0.25) is 0 Å². The number of hydrogen-bond donors (Lipinski definition) is 0. The number of nitrogens with zero attached hydrogens (tertiary/aromatic N) is 1. The molecule has 1 aliphatic rings. The van der Waals surface area contributed by atoms with E-state index >= 15 is 0 Å². The van der Waals surface area contributed by atoms with Crippen molar-refractivity contribution in [2.45, 2.75) is 6.42 Å². The Hall–Kier alpha value is -7.46. The molecule has 282 valence electrons. The minimum absolute atomic E-state index is 0.746. The minimum atomic E-state index is 0.746. The van der Waals surface area contributed by atoms with E-state index in [0.29, 0.717) is 0 Å². The molecule has 3 heteroatoms. The summed E-state index contributed by atoms with van der Waals surface area (Å²) in [6, 6.07) is 72.8. The lowest BCUT2D eigenvalue weighted by atomic mass is 9.94. The average Bonchev–Trinajstić information content (AvgIpc) is 3.81. The van der Waals surface area contributed by atoms with E-state index < -0.39 is 0 Å². The molecule has 0 fully saturated rings. The highest BCUT2D eigenvalue weighted by Gasteiger charge is 2.24. The third-order valence-corrected chi connectivity index (χ3v) is 13.3. The van der Waals surface area contributed by atoms with Crippen LogP contribution in [-0.2, 0) is 6.42 Å². The largest absolute Gasteiger partial charge is 0.460 e. The summed E-state index contributed by atoms with van der Waals surface area (Å²) in [5.41, 5.74) is 12.5. The second-order valence-electron chi connectivity index (χ2n) is 15.6. The number of para-hydroxylation sites is 1. The van der Waals surface area contributed by atoms with Crippen molar-refractivity contribution in [3.63, 3.8) is 0 Å². The zero-order chi connectivity index (χ0) is 39.6. The maximum absolute atomic E-state index is 6.66. The van der Waals surface area contributed by atoms with E-state index in [2.05, 4.69) is 217 Å². The quantitative estimate of drug-likeness (QED) is 0.167. The van der Waals surface area contributed by atoms with Crippen LogP contribution in [0.25, 0.3) is 87.4 Å². The second-order valence-corrected chi connectivity index (χ2v) is 16.6. The molecule has 0 atom stereocenters. The van der Waals surface area contributed by atoms with Crippen molar-refractivity contribution in [2.24, 2.45) is 0 Å². The van der Waals surface area contributed by atoms with Crippen molar-refractivity contribution in [2.75, 3.05) is 4.90 Å². The Morgan fingerprint density at radius 3 is 2.07 bits per heavy atom. The zero-order valence-corrected chi connectivity index (χ0v) is 33.5. The highest BCUT2D eigenvalue weighted by molar-refractivity contribution is 7.26. The summed E-state index contributed by atoms with van der Waals surface area (Å²) in [5.74, 6) is 0.998. The van der Waals surface area contributed by atoms with Gasteiger partial charge in [-0.1, -0.05) is 164 Å². The Morgan fingerprint density at radius 2 is 1.13 bits per heavy atom. The van der Waals surface area contributed by atoms with Crippen molar-refractivity contribution in [3.8, 4) is 33.4 Å². The van der Waals surface area contributed by atoms with Gasteiger partial charge in [-0.25, -0.2) is 0 Å². The van der Waals surface area contributed by atoms with E-state index in [-0.39, 0.29) is 0 Å². The van der Waals surface area contributed by atoms with Crippen molar-refractivity contribution >= 4 is 82.5 Å². The molecule has 0 spiro atoms. The fourth-order valence-electron chi connectivity index (χ4n) is 9.30. The van der Waals surface area contributed by atoms with Crippen LogP contribution in [0.5, 0.6) is 0 Å². The molecule has 2 heterocycles. The predicted molar refractivity (Wildman–Crippen MR) is 255 cm³/mol. The Kier molecular flexibility index (Phi) is 8.14. The molecular formula is C57H37NOS. The highest BCUT2D eigenvalue weighted by atomic mass is 32.1. The van der Waals surface area contributed by atoms with Crippen molar-refractivity contribution in [3.05, 3.63) is 222 Å². The number of rotatable bonds is 6. The van der Waals surface area contributed by atoms with E-state index in [1.165, 1.54) is 63.6 Å². The van der Waals surface area contributed by atoms with Crippen LogP contribution < -0.4 is 15.3 Å². The summed E-state index contributed by atoms with van der Waals surface area (Å²) < 4.78 is 9.21. The van der Waals surface area contributed by atoms with Crippen LogP contribution in [0.15, 0.2) is 205 Å². The Labute approximate surface area is 351 Å². The number of anilines is 3. The summed E-state index contributed by atoms with van der Waals surface area (Å²) in [6.45, 7) is 0. The van der Waals surface area contributed by atoms with Crippen molar-refractivity contribution in [1.82, 2.24) is 0 Å². The maximum Gasteiger partial charge on any atom is 0.135 e. The molecule has 0 saturated carbocycles. The van der Waals surface area contributed by atoms with Gasteiger partial charge in [0.1, 0.15) is 11.3 Å². The summed E-state index contributed by atoms with van der Waals surface area (Å²) in [7, 11) is 0. The van der Waals surface area contributed by atoms with Crippen LogP contribution in [-0.4, -0.2) is 0 Å². The van der Waals surface area contributed by atoms with Gasteiger partial charge in [0.05, 0.1) is 16.1 Å². The van der Waals surface area contributed by atoms with Gasteiger partial charge in [-0.05, 0) is 97.6 Å². The van der Waals surface area contributed by atoms with E-state index in [0.717, 1.165) is 56.9 Å². The van der Waals surface area contributed by atoms with Crippen LogP contribution >= 0.6 is 11.3 Å². The lowest BCUT2D eigenvalue weighted by Gasteiger charge is -2.28. The summed E-state index contributed by atoms with van der Waals surface area (Å²) in [4.78, 5) is 2.47. The lowest BCUT2D eigenvalue weighted by molar-refractivity contribution is 0.568.